The third-order valence-corrected chi connectivity index (χ3v) is 8.46. The summed E-state index contributed by atoms with van der Waals surface area (Å²) in [4.78, 5) is 0. The molecule has 4 aromatic carbocycles. The molecule has 160 valence electrons. The van der Waals surface area contributed by atoms with E-state index in [1.165, 1.54) is 5.56 Å². The first-order valence-electron chi connectivity index (χ1n) is 10.9. The van der Waals surface area contributed by atoms with Crippen LogP contribution in [-0.4, -0.2) is 0 Å². The predicted octanol–water partition coefficient (Wildman–Crippen LogP) is 6.29. The third-order valence-electron chi connectivity index (χ3n) is 5.76. The first kappa shape index (κ1) is 22.0. The first-order chi connectivity index (χ1) is 15.7. The Bertz CT molecular complexity index is 1120. The van der Waals surface area contributed by atoms with E-state index in [2.05, 4.69) is 48.1 Å². The summed E-state index contributed by atoms with van der Waals surface area (Å²) in [6.45, 7) is 4.15. The molecule has 0 aromatic heterocycles. The van der Waals surface area contributed by atoms with Crippen LogP contribution in [0.2, 0.25) is 0 Å². The Morgan fingerprint density at radius 1 is 0.688 bits per heavy atom. The highest BCUT2D eigenvalue weighted by molar-refractivity contribution is 7.76. The molecule has 0 aliphatic carbocycles. The number of rotatable bonds is 9. The average Bonchev–Trinajstić information content (AvgIpc) is 2.88. The van der Waals surface area contributed by atoms with Gasteiger partial charge in [-0.1, -0.05) is 103 Å². The van der Waals surface area contributed by atoms with Gasteiger partial charge in [-0.25, -0.2) is 0 Å². The molecule has 3 heteroatoms. The minimum absolute atomic E-state index is 0.0561. The van der Waals surface area contributed by atoms with Gasteiger partial charge in [0.25, 0.3) is 0 Å². The predicted molar refractivity (Wildman–Crippen MR) is 136 cm³/mol. The summed E-state index contributed by atoms with van der Waals surface area (Å²) in [5.74, 6) is 0.0561. The van der Waals surface area contributed by atoms with Crippen LogP contribution in [0.15, 0.2) is 134 Å². The Morgan fingerprint density at radius 3 is 1.59 bits per heavy atom. The standard InChI is InChI=1S/C29H28NOP/c1-2-25(23-24-15-7-3-8-16-24)29(26-17-9-4-10-18-26)30-32(31,27-19-11-5-12-20-27)28-21-13-6-14-22-28/h2-22,25,29H,1,23H2,(H,30,31)/t25-,29+/m0/s1. The van der Waals surface area contributed by atoms with Crippen LogP contribution in [-0.2, 0) is 11.0 Å². The molecule has 0 aliphatic rings. The van der Waals surface area contributed by atoms with E-state index in [9.17, 15) is 4.57 Å². The summed E-state index contributed by atoms with van der Waals surface area (Å²) in [6.07, 6.45) is 2.79. The topological polar surface area (TPSA) is 29.1 Å². The van der Waals surface area contributed by atoms with Gasteiger partial charge in [-0.3, -0.25) is 9.65 Å². The molecule has 0 fully saturated rings. The maximum absolute atomic E-state index is 14.7. The SMILES string of the molecule is C=C[C@@H](Cc1ccccc1)[C@@H](NP(=O)(c1ccccc1)c1ccccc1)c1ccccc1. The van der Waals surface area contributed by atoms with Gasteiger partial charge in [0.15, 0.2) is 0 Å². The second kappa shape index (κ2) is 10.4. The first-order valence-corrected chi connectivity index (χ1v) is 12.6. The van der Waals surface area contributed by atoms with Crippen molar-refractivity contribution in [1.29, 1.82) is 0 Å². The summed E-state index contributed by atoms with van der Waals surface area (Å²) in [6, 6.07) is 40.0. The van der Waals surface area contributed by atoms with Crippen LogP contribution in [0.25, 0.3) is 0 Å². The molecule has 2 nitrogen and oxygen atoms in total. The molecule has 4 aromatic rings. The van der Waals surface area contributed by atoms with Crippen LogP contribution in [0.1, 0.15) is 17.2 Å². The lowest BCUT2D eigenvalue weighted by atomic mass is 9.88. The van der Waals surface area contributed by atoms with Crippen molar-refractivity contribution in [1.82, 2.24) is 5.09 Å². The second-order valence-electron chi connectivity index (χ2n) is 7.89. The number of nitrogens with one attached hydrogen (secondary N) is 1. The van der Waals surface area contributed by atoms with Gasteiger partial charge in [-0.2, -0.15) is 0 Å². The molecule has 0 bridgehead atoms. The summed E-state index contributed by atoms with van der Waals surface area (Å²) >= 11 is 0. The average molecular weight is 438 g/mol. The molecule has 0 unspecified atom stereocenters. The number of hydrogen-bond acceptors (Lipinski definition) is 1. The molecule has 0 heterocycles. The van der Waals surface area contributed by atoms with Gasteiger partial charge in [0, 0.05) is 22.6 Å². The molecule has 1 N–H and O–H groups in total. The molecular weight excluding hydrogens is 409 g/mol. The van der Waals surface area contributed by atoms with E-state index >= 15 is 0 Å². The van der Waals surface area contributed by atoms with E-state index in [1.807, 2.05) is 91.0 Å². The van der Waals surface area contributed by atoms with Crippen LogP contribution in [0.4, 0.5) is 0 Å². The fraction of sp³-hybridized carbons (Fsp3) is 0.103. The smallest absolute Gasteiger partial charge is 0.205 e. The van der Waals surface area contributed by atoms with E-state index in [0.29, 0.717) is 0 Å². The molecule has 0 spiro atoms. The summed E-state index contributed by atoms with van der Waals surface area (Å²) < 4.78 is 14.7. The van der Waals surface area contributed by atoms with Crippen molar-refractivity contribution in [2.75, 3.05) is 0 Å². The molecule has 0 amide bonds. The van der Waals surface area contributed by atoms with Gasteiger partial charge in [-0.15, -0.1) is 6.58 Å². The maximum Gasteiger partial charge on any atom is 0.205 e. The summed E-state index contributed by atoms with van der Waals surface area (Å²) in [7, 11) is -3.12. The highest BCUT2D eigenvalue weighted by Gasteiger charge is 2.33. The summed E-state index contributed by atoms with van der Waals surface area (Å²) in [5, 5.41) is 5.24. The molecule has 0 aliphatic heterocycles. The Hall–Kier alpha value is -3.19. The zero-order chi connectivity index (χ0) is 22.2. The van der Waals surface area contributed by atoms with Gasteiger partial charge in [0.2, 0.25) is 7.29 Å². The molecular formula is C29H28NOP. The van der Waals surface area contributed by atoms with Crippen molar-refractivity contribution in [3.8, 4) is 0 Å². The Balaban J connectivity index is 1.79. The maximum atomic E-state index is 14.7. The van der Waals surface area contributed by atoms with Crippen LogP contribution in [0.3, 0.4) is 0 Å². The van der Waals surface area contributed by atoms with Crippen molar-refractivity contribution in [3.63, 3.8) is 0 Å². The van der Waals surface area contributed by atoms with Gasteiger partial charge in [-0.05, 0) is 41.8 Å². The minimum Gasteiger partial charge on any atom is -0.297 e. The normalized spacial score (nSPS) is 13.2. The lowest BCUT2D eigenvalue weighted by molar-refractivity contribution is 0.474. The minimum atomic E-state index is -3.12. The van der Waals surface area contributed by atoms with Gasteiger partial charge in [0.1, 0.15) is 0 Å². The third kappa shape index (κ3) is 4.99. The Kier molecular flexibility index (Phi) is 7.17. The van der Waals surface area contributed by atoms with E-state index < -0.39 is 7.29 Å². The van der Waals surface area contributed by atoms with Crippen LogP contribution in [0, 0.1) is 5.92 Å². The van der Waals surface area contributed by atoms with E-state index in [-0.39, 0.29) is 12.0 Å². The number of hydrogen-bond donors (Lipinski definition) is 1. The van der Waals surface area contributed by atoms with Crippen molar-refractivity contribution in [2.24, 2.45) is 5.92 Å². The lowest BCUT2D eigenvalue weighted by Gasteiger charge is -2.32. The van der Waals surface area contributed by atoms with Crippen molar-refractivity contribution in [2.45, 2.75) is 12.5 Å². The molecule has 4 rings (SSSR count). The van der Waals surface area contributed by atoms with Crippen LogP contribution < -0.4 is 15.7 Å². The monoisotopic (exact) mass is 437 g/mol. The molecule has 2 atom stereocenters. The van der Waals surface area contributed by atoms with Gasteiger partial charge < -0.3 is 0 Å². The number of benzene rings is 4. The molecule has 0 saturated carbocycles. The fourth-order valence-electron chi connectivity index (χ4n) is 4.07. The Morgan fingerprint density at radius 2 is 1.12 bits per heavy atom. The summed E-state index contributed by atoms with van der Waals surface area (Å²) in [5.41, 5.74) is 2.33. The molecule has 32 heavy (non-hydrogen) atoms. The fourth-order valence-corrected chi connectivity index (χ4v) is 6.58. The zero-order valence-electron chi connectivity index (χ0n) is 18.0. The van der Waals surface area contributed by atoms with E-state index in [0.717, 1.165) is 22.6 Å². The zero-order valence-corrected chi connectivity index (χ0v) is 18.9. The van der Waals surface area contributed by atoms with Gasteiger partial charge >= 0.3 is 0 Å². The molecule has 0 radical (unpaired) electrons. The van der Waals surface area contributed by atoms with Crippen molar-refractivity contribution >= 4 is 17.9 Å². The second-order valence-corrected chi connectivity index (χ2v) is 10.4. The van der Waals surface area contributed by atoms with Crippen LogP contribution >= 0.6 is 7.29 Å². The highest BCUT2D eigenvalue weighted by Crippen LogP contribution is 2.44. The Labute approximate surface area is 191 Å². The molecule has 0 saturated heterocycles. The van der Waals surface area contributed by atoms with Gasteiger partial charge in [0.05, 0.1) is 0 Å². The highest BCUT2D eigenvalue weighted by atomic mass is 31.2. The van der Waals surface area contributed by atoms with Crippen molar-refractivity contribution in [3.05, 3.63) is 145 Å². The van der Waals surface area contributed by atoms with Crippen LogP contribution in [0.5, 0.6) is 0 Å². The largest absolute Gasteiger partial charge is 0.297 e. The van der Waals surface area contributed by atoms with Crippen molar-refractivity contribution < 1.29 is 4.57 Å². The lowest BCUT2D eigenvalue weighted by Crippen LogP contribution is -2.34. The quantitative estimate of drug-likeness (QED) is 0.246. The van der Waals surface area contributed by atoms with E-state index in [4.69, 9.17) is 0 Å². The van der Waals surface area contributed by atoms with E-state index in [1.54, 1.807) is 0 Å².